The number of ether oxygens (including phenoxy) is 1. The molecule has 0 saturated heterocycles. The van der Waals surface area contributed by atoms with Gasteiger partial charge in [0.15, 0.2) is 0 Å². The fourth-order valence-corrected chi connectivity index (χ4v) is 1.13. The number of nitrogens with two attached hydrogens (primary N) is 1. The van der Waals surface area contributed by atoms with Gasteiger partial charge >= 0.3 is 0 Å². The molecular weight excluding hydrogens is 218 g/mol. The number of allylic oxidation sites excluding steroid dienone is 1. The van der Waals surface area contributed by atoms with Crippen molar-refractivity contribution in [1.82, 2.24) is 5.32 Å². The van der Waals surface area contributed by atoms with Crippen molar-refractivity contribution >= 4 is 12.1 Å². The zero-order valence-corrected chi connectivity index (χ0v) is 9.35. The van der Waals surface area contributed by atoms with E-state index in [4.69, 9.17) is 15.9 Å². The van der Waals surface area contributed by atoms with Gasteiger partial charge in [-0.1, -0.05) is 18.2 Å². The molecule has 0 aliphatic carbocycles. The first-order valence-electron chi connectivity index (χ1n) is 5.16. The van der Waals surface area contributed by atoms with Gasteiger partial charge in [0.1, 0.15) is 5.75 Å². The lowest BCUT2D eigenvalue weighted by Crippen LogP contribution is -2.25. The molecule has 90 valence electrons. The minimum absolute atomic E-state index is 0.208. The van der Waals surface area contributed by atoms with Gasteiger partial charge in [0.05, 0.1) is 18.7 Å². The highest BCUT2D eigenvalue weighted by atomic mass is 16.5. The van der Waals surface area contributed by atoms with E-state index in [9.17, 15) is 4.79 Å². The maximum absolute atomic E-state index is 11.4. The minimum atomic E-state index is -0.235. The van der Waals surface area contributed by atoms with Crippen LogP contribution >= 0.6 is 0 Å². The lowest BCUT2D eigenvalue weighted by atomic mass is 10.3. The van der Waals surface area contributed by atoms with Crippen LogP contribution in [0.4, 0.5) is 0 Å². The van der Waals surface area contributed by atoms with E-state index in [1.54, 1.807) is 0 Å². The summed E-state index contributed by atoms with van der Waals surface area (Å²) in [5.74, 6) is 0.489. The Labute approximate surface area is 99.8 Å². The van der Waals surface area contributed by atoms with Crippen molar-refractivity contribution in [2.45, 2.75) is 6.42 Å². The highest BCUT2D eigenvalue weighted by Gasteiger charge is 2.02. The zero-order valence-electron chi connectivity index (χ0n) is 9.35. The summed E-state index contributed by atoms with van der Waals surface area (Å²) < 4.78 is 5.36. The van der Waals surface area contributed by atoms with E-state index >= 15 is 0 Å². The van der Waals surface area contributed by atoms with Crippen LogP contribution in [0.15, 0.2) is 42.2 Å². The number of amides is 1. The van der Waals surface area contributed by atoms with Crippen LogP contribution in [-0.2, 0) is 4.79 Å². The maximum Gasteiger partial charge on any atom is 0.227 e. The summed E-state index contributed by atoms with van der Waals surface area (Å²) in [5, 5.41) is 9.42. The van der Waals surface area contributed by atoms with Crippen molar-refractivity contribution in [3.63, 3.8) is 0 Å². The molecule has 1 rings (SSSR count). The van der Waals surface area contributed by atoms with E-state index in [2.05, 4.69) is 5.32 Å². The lowest BCUT2D eigenvalue weighted by Gasteiger charge is -2.06. The van der Waals surface area contributed by atoms with Crippen molar-refractivity contribution in [1.29, 1.82) is 5.41 Å². The van der Waals surface area contributed by atoms with Crippen LogP contribution < -0.4 is 15.8 Å². The molecule has 1 aromatic carbocycles. The van der Waals surface area contributed by atoms with Gasteiger partial charge < -0.3 is 21.2 Å². The fourth-order valence-electron chi connectivity index (χ4n) is 1.13. The Balaban J connectivity index is 2.27. The third kappa shape index (κ3) is 4.83. The largest absolute Gasteiger partial charge is 0.493 e. The molecule has 1 aromatic rings. The molecule has 0 atom stereocenters. The van der Waals surface area contributed by atoms with Gasteiger partial charge in [0.2, 0.25) is 5.91 Å². The van der Waals surface area contributed by atoms with E-state index in [0.717, 1.165) is 12.0 Å². The van der Waals surface area contributed by atoms with Crippen molar-refractivity contribution in [3.05, 3.63) is 42.2 Å². The first kappa shape index (κ1) is 12.8. The number of hydrogen-bond donors (Lipinski definition) is 3. The molecule has 0 aliphatic heterocycles. The number of hydrogen-bond acceptors (Lipinski definition) is 4. The van der Waals surface area contributed by atoms with E-state index in [-0.39, 0.29) is 24.6 Å². The molecule has 17 heavy (non-hydrogen) atoms. The number of rotatable bonds is 6. The molecule has 5 heteroatoms. The number of carbonyl (C=O) groups excluding carboxylic acids is 1. The third-order valence-corrected chi connectivity index (χ3v) is 1.96. The van der Waals surface area contributed by atoms with E-state index in [0.29, 0.717) is 0 Å². The highest BCUT2D eigenvalue weighted by Crippen LogP contribution is 2.08. The third-order valence-electron chi connectivity index (χ3n) is 1.96. The topological polar surface area (TPSA) is 88.2 Å². The fraction of sp³-hybridized carbons (Fsp3) is 0.167. The molecule has 0 saturated carbocycles. The standard InChI is InChI=1S/C12H15N3O2/c13-8-10(9-14)15-12(16)6-7-17-11-4-2-1-3-5-11/h1-5,8-9,13H,6-7,14H2,(H,15,16)/b10-9+,13-8?. The smallest absolute Gasteiger partial charge is 0.227 e. The van der Waals surface area contributed by atoms with Crippen LogP contribution in [-0.4, -0.2) is 18.7 Å². The summed E-state index contributed by atoms with van der Waals surface area (Å²) in [5.41, 5.74) is 5.46. The van der Waals surface area contributed by atoms with Crippen molar-refractivity contribution in [2.75, 3.05) is 6.61 Å². The molecule has 0 unspecified atom stereocenters. The molecule has 0 aromatic heterocycles. The molecule has 5 nitrogen and oxygen atoms in total. The summed E-state index contributed by atoms with van der Waals surface area (Å²) in [4.78, 5) is 11.4. The second-order valence-electron chi connectivity index (χ2n) is 3.23. The number of carbonyl (C=O) groups is 1. The Morgan fingerprint density at radius 2 is 2.12 bits per heavy atom. The summed E-state index contributed by atoms with van der Waals surface area (Å²) in [6.45, 7) is 0.283. The van der Waals surface area contributed by atoms with Gasteiger partial charge in [0.25, 0.3) is 0 Å². The normalized spacial score (nSPS) is 10.7. The zero-order chi connectivity index (χ0) is 12.5. The Morgan fingerprint density at radius 1 is 1.41 bits per heavy atom. The van der Waals surface area contributed by atoms with Gasteiger partial charge in [-0.3, -0.25) is 4.79 Å². The predicted molar refractivity (Wildman–Crippen MR) is 65.8 cm³/mol. The molecule has 0 radical (unpaired) electrons. The predicted octanol–water partition coefficient (Wildman–Crippen LogP) is 1.02. The first-order valence-corrected chi connectivity index (χ1v) is 5.16. The Bertz CT molecular complexity index is 401. The second kappa shape index (κ2) is 7.05. The summed E-state index contributed by atoms with van der Waals surface area (Å²) in [6, 6.07) is 9.25. The number of nitrogens with one attached hydrogen (secondary N) is 2. The average Bonchev–Trinajstić information content (AvgIpc) is 2.37. The van der Waals surface area contributed by atoms with Gasteiger partial charge in [-0.2, -0.15) is 0 Å². The SMILES string of the molecule is N=C/C(=C\N)NC(=O)CCOc1ccccc1. The highest BCUT2D eigenvalue weighted by molar-refractivity contribution is 5.86. The van der Waals surface area contributed by atoms with Crippen LogP contribution in [0.25, 0.3) is 0 Å². The summed E-state index contributed by atoms with van der Waals surface area (Å²) in [7, 11) is 0. The first-order chi connectivity index (χ1) is 8.26. The summed E-state index contributed by atoms with van der Waals surface area (Å²) in [6.07, 6.45) is 2.36. The Hall–Kier alpha value is -2.30. The molecule has 0 fully saturated rings. The van der Waals surface area contributed by atoms with Crippen LogP contribution in [0, 0.1) is 5.41 Å². The van der Waals surface area contributed by atoms with Crippen molar-refractivity contribution in [3.8, 4) is 5.75 Å². The Kier molecular flexibility index (Phi) is 5.30. The maximum atomic E-state index is 11.4. The number of benzene rings is 1. The van der Waals surface area contributed by atoms with E-state index in [1.165, 1.54) is 6.20 Å². The quantitative estimate of drug-likeness (QED) is 0.641. The van der Waals surface area contributed by atoms with Gasteiger partial charge in [-0.05, 0) is 12.1 Å². The van der Waals surface area contributed by atoms with Gasteiger partial charge in [-0.25, -0.2) is 0 Å². The Morgan fingerprint density at radius 3 is 2.71 bits per heavy atom. The van der Waals surface area contributed by atoms with Crippen molar-refractivity contribution < 1.29 is 9.53 Å². The minimum Gasteiger partial charge on any atom is -0.493 e. The summed E-state index contributed by atoms with van der Waals surface area (Å²) >= 11 is 0. The molecular formula is C12H15N3O2. The van der Waals surface area contributed by atoms with Crippen LogP contribution in [0.1, 0.15) is 6.42 Å². The van der Waals surface area contributed by atoms with Gasteiger partial charge in [-0.15, -0.1) is 0 Å². The molecule has 4 N–H and O–H groups in total. The number of para-hydroxylation sites is 1. The second-order valence-corrected chi connectivity index (χ2v) is 3.23. The average molecular weight is 233 g/mol. The van der Waals surface area contributed by atoms with E-state index < -0.39 is 0 Å². The lowest BCUT2D eigenvalue weighted by molar-refractivity contribution is -0.120. The molecule has 0 aliphatic rings. The van der Waals surface area contributed by atoms with Crippen LogP contribution in [0.3, 0.4) is 0 Å². The molecule has 0 bridgehead atoms. The van der Waals surface area contributed by atoms with E-state index in [1.807, 2.05) is 30.3 Å². The molecule has 0 heterocycles. The van der Waals surface area contributed by atoms with Crippen LogP contribution in [0.5, 0.6) is 5.75 Å². The van der Waals surface area contributed by atoms with Gasteiger partial charge in [0, 0.05) is 12.4 Å². The van der Waals surface area contributed by atoms with Crippen molar-refractivity contribution in [2.24, 2.45) is 5.73 Å². The van der Waals surface area contributed by atoms with Crippen LogP contribution in [0.2, 0.25) is 0 Å². The monoisotopic (exact) mass is 233 g/mol. The molecule has 0 spiro atoms. The molecule has 1 amide bonds.